The first-order valence-corrected chi connectivity index (χ1v) is 6.67. The molecule has 0 aliphatic rings. The van der Waals surface area contributed by atoms with Crippen LogP contribution < -0.4 is 4.74 Å². The Balaban J connectivity index is 2.12. The largest absolute Gasteiger partial charge is 0.508 e. The Kier molecular flexibility index (Phi) is 3.92. The lowest BCUT2D eigenvalue weighted by Gasteiger charge is -2.03. The minimum absolute atomic E-state index is 0.0648. The Hall–Kier alpha value is -2.96. The standard InChI is InChI=1S/C16H12F2N2O3/c1-22-12-7-4-10(8-19-12)13-14(23-16(20-13)15(17)18)9-2-5-11(21)6-3-9/h2-8,15,21H,1H3. The number of hydrogen-bond acceptors (Lipinski definition) is 5. The molecular weight excluding hydrogens is 306 g/mol. The summed E-state index contributed by atoms with van der Waals surface area (Å²) in [5.41, 5.74) is 1.29. The first kappa shape index (κ1) is 15.0. The monoisotopic (exact) mass is 318 g/mol. The van der Waals surface area contributed by atoms with E-state index in [1.807, 2.05) is 0 Å². The number of halogens is 2. The van der Waals surface area contributed by atoms with Crippen LogP contribution >= 0.6 is 0 Å². The maximum Gasteiger partial charge on any atom is 0.313 e. The van der Waals surface area contributed by atoms with Gasteiger partial charge in [-0.2, -0.15) is 8.78 Å². The van der Waals surface area contributed by atoms with Crippen LogP contribution in [0.25, 0.3) is 22.6 Å². The Morgan fingerprint density at radius 2 is 1.78 bits per heavy atom. The summed E-state index contributed by atoms with van der Waals surface area (Å²) >= 11 is 0. The number of pyridine rings is 1. The second-order valence-corrected chi connectivity index (χ2v) is 4.67. The van der Waals surface area contributed by atoms with Crippen LogP contribution in [0.2, 0.25) is 0 Å². The van der Waals surface area contributed by atoms with Gasteiger partial charge in [-0.05, 0) is 30.3 Å². The number of rotatable bonds is 4. The number of hydrogen-bond donors (Lipinski definition) is 1. The van der Waals surface area contributed by atoms with E-state index in [2.05, 4.69) is 9.97 Å². The highest BCUT2D eigenvalue weighted by Crippen LogP contribution is 2.35. The quantitative estimate of drug-likeness (QED) is 0.786. The lowest BCUT2D eigenvalue weighted by molar-refractivity contribution is 0.116. The van der Waals surface area contributed by atoms with Crippen molar-refractivity contribution in [1.82, 2.24) is 9.97 Å². The highest BCUT2D eigenvalue weighted by Gasteiger charge is 2.22. The molecule has 7 heteroatoms. The van der Waals surface area contributed by atoms with Crippen molar-refractivity contribution < 1.29 is 23.0 Å². The van der Waals surface area contributed by atoms with E-state index < -0.39 is 12.3 Å². The van der Waals surface area contributed by atoms with Crippen molar-refractivity contribution in [3.8, 4) is 34.2 Å². The van der Waals surface area contributed by atoms with E-state index in [1.165, 1.54) is 25.4 Å². The molecule has 0 atom stereocenters. The number of nitrogens with zero attached hydrogens (tertiary/aromatic N) is 2. The van der Waals surface area contributed by atoms with Gasteiger partial charge in [-0.25, -0.2) is 9.97 Å². The Morgan fingerprint density at radius 3 is 2.35 bits per heavy atom. The van der Waals surface area contributed by atoms with Crippen LogP contribution in [-0.4, -0.2) is 22.2 Å². The number of phenols is 1. The molecule has 0 aliphatic heterocycles. The van der Waals surface area contributed by atoms with Crippen molar-refractivity contribution in [2.75, 3.05) is 7.11 Å². The molecule has 23 heavy (non-hydrogen) atoms. The number of benzene rings is 1. The van der Waals surface area contributed by atoms with Crippen LogP contribution in [0.1, 0.15) is 12.3 Å². The Labute approximate surface area is 130 Å². The average molecular weight is 318 g/mol. The average Bonchev–Trinajstić information content (AvgIpc) is 3.01. The first-order chi connectivity index (χ1) is 11.1. The van der Waals surface area contributed by atoms with Gasteiger partial charge < -0.3 is 14.3 Å². The van der Waals surface area contributed by atoms with Gasteiger partial charge in [-0.1, -0.05) is 0 Å². The lowest BCUT2D eigenvalue weighted by Crippen LogP contribution is -1.89. The Morgan fingerprint density at radius 1 is 1.09 bits per heavy atom. The topological polar surface area (TPSA) is 68.4 Å². The van der Waals surface area contributed by atoms with Gasteiger partial charge in [0.05, 0.1) is 7.11 Å². The van der Waals surface area contributed by atoms with Crippen molar-refractivity contribution in [3.05, 3.63) is 48.5 Å². The molecule has 0 bridgehead atoms. The molecular formula is C16H12F2N2O3. The van der Waals surface area contributed by atoms with Crippen LogP contribution in [0.5, 0.6) is 11.6 Å². The molecule has 2 heterocycles. The molecule has 3 aromatic rings. The minimum atomic E-state index is -2.83. The Bertz CT molecular complexity index is 799. The third-order valence-electron chi connectivity index (χ3n) is 3.18. The normalized spacial score (nSPS) is 11.0. The number of alkyl halides is 2. The zero-order valence-electron chi connectivity index (χ0n) is 12.0. The van der Waals surface area contributed by atoms with Gasteiger partial charge in [0, 0.05) is 23.4 Å². The first-order valence-electron chi connectivity index (χ1n) is 6.67. The molecule has 0 spiro atoms. The van der Waals surface area contributed by atoms with E-state index >= 15 is 0 Å². The van der Waals surface area contributed by atoms with Gasteiger partial charge in [0.2, 0.25) is 5.88 Å². The van der Waals surface area contributed by atoms with Crippen LogP contribution in [0.4, 0.5) is 8.78 Å². The number of ether oxygens (including phenoxy) is 1. The van der Waals surface area contributed by atoms with Gasteiger partial charge in [0.25, 0.3) is 5.89 Å². The fraction of sp³-hybridized carbons (Fsp3) is 0.125. The summed E-state index contributed by atoms with van der Waals surface area (Å²) in [5, 5.41) is 9.35. The predicted octanol–water partition coefficient (Wildman–Crippen LogP) is 4.06. The van der Waals surface area contributed by atoms with Crippen LogP contribution in [0.3, 0.4) is 0 Å². The molecule has 0 amide bonds. The molecule has 0 radical (unpaired) electrons. The van der Waals surface area contributed by atoms with Crippen molar-refractivity contribution in [3.63, 3.8) is 0 Å². The van der Waals surface area contributed by atoms with Gasteiger partial charge in [-0.3, -0.25) is 0 Å². The molecule has 0 saturated carbocycles. The predicted molar refractivity (Wildman–Crippen MR) is 78.3 cm³/mol. The van der Waals surface area contributed by atoms with E-state index in [1.54, 1.807) is 24.3 Å². The molecule has 0 saturated heterocycles. The van der Waals surface area contributed by atoms with Crippen molar-refractivity contribution >= 4 is 0 Å². The summed E-state index contributed by atoms with van der Waals surface area (Å²) in [6.45, 7) is 0. The van der Waals surface area contributed by atoms with Gasteiger partial charge in [-0.15, -0.1) is 0 Å². The number of aromatic hydroxyl groups is 1. The fourth-order valence-electron chi connectivity index (χ4n) is 2.08. The molecule has 5 nitrogen and oxygen atoms in total. The summed E-state index contributed by atoms with van der Waals surface area (Å²) in [7, 11) is 1.48. The molecule has 1 aromatic carbocycles. The van der Waals surface area contributed by atoms with Crippen LogP contribution in [0, 0.1) is 0 Å². The van der Waals surface area contributed by atoms with E-state index in [0.29, 0.717) is 17.0 Å². The van der Waals surface area contributed by atoms with E-state index in [0.717, 1.165) is 0 Å². The van der Waals surface area contributed by atoms with Gasteiger partial charge in [0.15, 0.2) is 5.76 Å². The molecule has 0 fully saturated rings. The summed E-state index contributed by atoms with van der Waals surface area (Å²) in [5.74, 6) is -0.0151. The molecule has 0 unspecified atom stereocenters. The second-order valence-electron chi connectivity index (χ2n) is 4.67. The number of phenolic OH excluding ortho intramolecular Hbond substituents is 1. The van der Waals surface area contributed by atoms with Crippen molar-refractivity contribution in [2.24, 2.45) is 0 Å². The summed E-state index contributed by atoms with van der Waals surface area (Å²) < 4.78 is 36.1. The lowest BCUT2D eigenvalue weighted by atomic mass is 10.1. The molecule has 2 aromatic heterocycles. The molecule has 1 N–H and O–H groups in total. The van der Waals surface area contributed by atoms with Gasteiger partial charge >= 0.3 is 6.43 Å². The van der Waals surface area contributed by atoms with Crippen molar-refractivity contribution in [2.45, 2.75) is 6.43 Å². The minimum Gasteiger partial charge on any atom is -0.508 e. The van der Waals surface area contributed by atoms with E-state index in [9.17, 15) is 13.9 Å². The molecule has 0 aliphatic carbocycles. The number of methoxy groups -OCH3 is 1. The zero-order valence-corrected chi connectivity index (χ0v) is 12.0. The molecule has 118 valence electrons. The van der Waals surface area contributed by atoms with Gasteiger partial charge in [0.1, 0.15) is 11.4 Å². The van der Waals surface area contributed by atoms with Crippen LogP contribution in [0.15, 0.2) is 47.0 Å². The summed E-state index contributed by atoms with van der Waals surface area (Å²) in [4.78, 5) is 7.92. The third kappa shape index (κ3) is 2.98. The van der Waals surface area contributed by atoms with E-state index in [-0.39, 0.29) is 17.2 Å². The molecule has 3 rings (SSSR count). The van der Waals surface area contributed by atoms with Crippen LogP contribution in [-0.2, 0) is 0 Å². The smallest absolute Gasteiger partial charge is 0.313 e. The van der Waals surface area contributed by atoms with Crippen molar-refractivity contribution in [1.29, 1.82) is 0 Å². The fourth-order valence-corrected chi connectivity index (χ4v) is 2.08. The third-order valence-corrected chi connectivity index (χ3v) is 3.18. The highest BCUT2D eigenvalue weighted by molar-refractivity contribution is 5.76. The number of aromatic nitrogens is 2. The highest BCUT2D eigenvalue weighted by atomic mass is 19.3. The summed E-state index contributed by atoms with van der Waals surface area (Å²) in [6.07, 6.45) is -1.36. The number of oxazole rings is 1. The SMILES string of the molecule is COc1ccc(-c2nc(C(F)F)oc2-c2ccc(O)cc2)cn1. The maximum absolute atomic E-state index is 12.9. The maximum atomic E-state index is 12.9. The van der Waals surface area contributed by atoms with E-state index in [4.69, 9.17) is 9.15 Å². The zero-order chi connectivity index (χ0) is 16.4. The second kappa shape index (κ2) is 6.04. The summed E-state index contributed by atoms with van der Waals surface area (Å²) in [6, 6.07) is 9.26.